The summed E-state index contributed by atoms with van der Waals surface area (Å²) in [7, 11) is 0. The first-order valence-electron chi connectivity index (χ1n) is 6.96. The predicted octanol–water partition coefficient (Wildman–Crippen LogP) is 1.93. The van der Waals surface area contributed by atoms with Gasteiger partial charge in [0.1, 0.15) is 0 Å². The molecule has 21 heavy (non-hydrogen) atoms. The highest BCUT2D eigenvalue weighted by Gasteiger charge is 2.24. The molecular formula is C16H17N3O2. The summed E-state index contributed by atoms with van der Waals surface area (Å²) in [5.41, 5.74) is 2.57. The fraction of sp³-hybridized carbons (Fsp3) is 0.250. The van der Waals surface area contributed by atoms with Crippen molar-refractivity contribution in [3.8, 4) is 0 Å². The van der Waals surface area contributed by atoms with Crippen LogP contribution in [0.5, 0.6) is 0 Å². The van der Waals surface area contributed by atoms with Crippen molar-refractivity contribution in [3.63, 3.8) is 0 Å². The number of nitrogens with zero attached hydrogens (tertiary/aromatic N) is 2. The average molecular weight is 283 g/mol. The van der Waals surface area contributed by atoms with E-state index >= 15 is 0 Å². The molecule has 108 valence electrons. The number of carbonyl (C=O) groups is 1. The molecule has 1 aromatic heterocycles. The van der Waals surface area contributed by atoms with Gasteiger partial charge in [0.05, 0.1) is 11.6 Å². The van der Waals surface area contributed by atoms with Gasteiger partial charge in [-0.15, -0.1) is 0 Å². The van der Waals surface area contributed by atoms with Crippen LogP contribution in [0.25, 0.3) is 0 Å². The van der Waals surface area contributed by atoms with Crippen LogP contribution >= 0.6 is 0 Å². The number of carboxylic acids is 1. The van der Waals surface area contributed by atoms with Gasteiger partial charge in [-0.1, -0.05) is 0 Å². The minimum absolute atomic E-state index is 0.234. The lowest BCUT2D eigenvalue weighted by Crippen LogP contribution is -2.46. The Morgan fingerprint density at radius 1 is 1.19 bits per heavy atom. The summed E-state index contributed by atoms with van der Waals surface area (Å²) in [4.78, 5) is 17.3. The molecule has 0 bridgehead atoms. The number of aromatic carboxylic acids is 1. The summed E-state index contributed by atoms with van der Waals surface area (Å²) in [5, 5.41) is 12.4. The molecule has 2 N–H and O–H groups in total. The van der Waals surface area contributed by atoms with Crippen LogP contribution in [-0.2, 0) is 0 Å². The van der Waals surface area contributed by atoms with Crippen molar-refractivity contribution in [2.24, 2.45) is 0 Å². The maximum atomic E-state index is 10.9. The smallest absolute Gasteiger partial charge is 0.335 e. The van der Waals surface area contributed by atoms with Gasteiger partial charge in [0.2, 0.25) is 0 Å². The number of hydrogen-bond donors (Lipinski definition) is 2. The molecule has 1 atom stereocenters. The van der Waals surface area contributed by atoms with Crippen molar-refractivity contribution >= 4 is 11.7 Å². The SMILES string of the molecule is O=C(O)c1ccc(N2CCNCC2c2ccncc2)cc1. The van der Waals surface area contributed by atoms with E-state index in [9.17, 15) is 4.79 Å². The van der Waals surface area contributed by atoms with Gasteiger partial charge in [0, 0.05) is 37.7 Å². The van der Waals surface area contributed by atoms with Crippen LogP contribution in [0.2, 0.25) is 0 Å². The number of hydrogen-bond acceptors (Lipinski definition) is 4. The molecular weight excluding hydrogens is 266 g/mol. The molecule has 5 nitrogen and oxygen atoms in total. The summed E-state index contributed by atoms with van der Waals surface area (Å²) in [6.45, 7) is 2.67. The zero-order valence-corrected chi connectivity index (χ0v) is 11.6. The minimum atomic E-state index is -0.896. The Labute approximate surface area is 123 Å². The first kappa shape index (κ1) is 13.6. The van der Waals surface area contributed by atoms with E-state index in [1.807, 2.05) is 24.3 Å². The lowest BCUT2D eigenvalue weighted by Gasteiger charge is -2.38. The van der Waals surface area contributed by atoms with E-state index in [0.29, 0.717) is 5.56 Å². The van der Waals surface area contributed by atoms with Crippen molar-refractivity contribution in [1.82, 2.24) is 10.3 Å². The number of carboxylic acid groups (broad SMARTS) is 1. The zero-order valence-electron chi connectivity index (χ0n) is 11.6. The molecule has 0 radical (unpaired) electrons. The third-order valence-corrected chi connectivity index (χ3v) is 3.78. The number of piperazine rings is 1. The molecule has 0 spiro atoms. The molecule has 1 aliphatic heterocycles. The molecule has 0 aliphatic carbocycles. The molecule has 0 saturated carbocycles. The van der Waals surface area contributed by atoms with Crippen LogP contribution in [0, 0.1) is 0 Å². The first-order chi connectivity index (χ1) is 10.3. The van der Waals surface area contributed by atoms with Gasteiger partial charge < -0.3 is 15.3 Å². The Bertz CT molecular complexity index is 613. The van der Waals surface area contributed by atoms with E-state index < -0.39 is 5.97 Å². The average Bonchev–Trinajstić information content (AvgIpc) is 2.56. The number of nitrogens with one attached hydrogen (secondary N) is 1. The summed E-state index contributed by atoms with van der Waals surface area (Å²) in [6.07, 6.45) is 3.60. The molecule has 1 unspecified atom stereocenters. The van der Waals surface area contributed by atoms with Crippen LogP contribution < -0.4 is 10.2 Å². The van der Waals surface area contributed by atoms with Crippen molar-refractivity contribution in [3.05, 3.63) is 59.9 Å². The van der Waals surface area contributed by atoms with Gasteiger partial charge in [-0.2, -0.15) is 0 Å². The van der Waals surface area contributed by atoms with Crippen LogP contribution in [0.15, 0.2) is 48.8 Å². The molecule has 1 fully saturated rings. The highest BCUT2D eigenvalue weighted by atomic mass is 16.4. The van der Waals surface area contributed by atoms with Crippen molar-refractivity contribution in [1.29, 1.82) is 0 Å². The van der Waals surface area contributed by atoms with E-state index in [0.717, 1.165) is 25.3 Å². The predicted molar refractivity (Wildman–Crippen MR) is 80.6 cm³/mol. The Kier molecular flexibility index (Phi) is 3.83. The van der Waals surface area contributed by atoms with Gasteiger partial charge >= 0.3 is 5.97 Å². The summed E-state index contributed by atoms with van der Waals surface area (Å²) >= 11 is 0. The number of anilines is 1. The van der Waals surface area contributed by atoms with Gasteiger partial charge in [-0.05, 0) is 42.0 Å². The van der Waals surface area contributed by atoms with Crippen molar-refractivity contribution in [2.75, 3.05) is 24.5 Å². The largest absolute Gasteiger partial charge is 0.478 e. The quantitative estimate of drug-likeness (QED) is 0.901. The molecule has 5 heteroatoms. The molecule has 1 aromatic carbocycles. The first-order valence-corrected chi connectivity index (χ1v) is 6.96. The third-order valence-electron chi connectivity index (χ3n) is 3.78. The van der Waals surface area contributed by atoms with Crippen molar-refractivity contribution in [2.45, 2.75) is 6.04 Å². The number of pyridine rings is 1. The molecule has 1 aliphatic rings. The zero-order chi connectivity index (χ0) is 14.7. The fourth-order valence-corrected chi connectivity index (χ4v) is 2.69. The molecule has 2 heterocycles. The molecule has 3 rings (SSSR count). The van der Waals surface area contributed by atoms with E-state index in [2.05, 4.69) is 15.2 Å². The Morgan fingerprint density at radius 3 is 2.57 bits per heavy atom. The maximum absolute atomic E-state index is 10.9. The molecule has 1 saturated heterocycles. The van der Waals surface area contributed by atoms with Gasteiger partial charge in [0.25, 0.3) is 0 Å². The number of benzene rings is 1. The molecule has 0 amide bonds. The normalized spacial score (nSPS) is 18.5. The number of rotatable bonds is 3. The van der Waals surface area contributed by atoms with E-state index in [-0.39, 0.29) is 6.04 Å². The fourth-order valence-electron chi connectivity index (χ4n) is 2.69. The second-order valence-electron chi connectivity index (χ2n) is 5.05. The van der Waals surface area contributed by atoms with E-state index in [4.69, 9.17) is 5.11 Å². The Hall–Kier alpha value is -2.40. The summed E-state index contributed by atoms with van der Waals surface area (Å²) < 4.78 is 0. The summed E-state index contributed by atoms with van der Waals surface area (Å²) in [5.74, 6) is -0.896. The van der Waals surface area contributed by atoms with Gasteiger partial charge in [0.15, 0.2) is 0 Å². The second-order valence-corrected chi connectivity index (χ2v) is 5.05. The monoisotopic (exact) mass is 283 g/mol. The highest BCUT2D eigenvalue weighted by molar-refractivity contribution is 5.88. The highest BCUT2D eigenvalue weighted by Crippen LogP contribution is 2.28. The summed E-state index contributed by atoms with van der Waals surface area (Å²) in [6, 6.07) is 11.3. The molecule has 2 aromatic rings. The van der Waals surface area contributed by atoms with Crippen LogP contribution in [-0.4, -0.2) is 35.7 Å². The lowest BCUT2D eigenvalue weighted by molar-refractivity contribution is 0.0697. The maximum Gasteiger partial charge on any atom is 0.335 e. The van der Waals surface area contributed by atoms with E-state index in [1.54, 1.807) is 24.5 Å². The van der Waals surface area contributed by atoms with Gasteiger partial charge in [-0.3, -0.25) is 4.98 Å². The van der Waals surface area contributed by atoms with Crippen LogP contribution in [0.3, 0.4) is 0 Å². The number of aromatic nitrogens is 1. The van der Waals surface area contributed by atoms with Gasteiger partial charge in [-0.25, -0.2) is 4.79 Å². The lowest BCUT2D eigenvalue weighted by atomic mass is 10.0. The topological polar surface area (TPSA) is 65.5 Å². The van der Waals surface area contributed by atoms with Crippen molar-refractivity contribution < 1.29 is 9.90 Å². The second kappa shape index (κ2) is 5.93. The Morgan fingerprint density at radius 2 is 1.90 bits per heavy atom. The standard InChI is InChI=1S/C16H17N3O2/c20-16(21)13-1-3-14(4-2-13)19-10-9-18-11-15(19)12-5-7-17-8-6-12/h1-8,15,18H,9-11H2,(H,20,21). The Balaban J connectivity index is 1.89. The third kappa shape index (κ3) is 2.87. The van der Waals surface area contributed by atoms with Crippen LogP contribution in [0.1, 0.15) is 22.0 Å². The van der Waals surface area contributed by atoms with Crippen LogP contribution in [0.4, 0.5) is 5.69 Å². The minimum Gasteiger partial charge on any atom is -0.478 e. The van der Waals surface area contributed by atoms with E-state index in [1.165, 1.54) is 5.56 Å².